The quantitative estimate of drug-likeness (QED) is 0.888. The zero-order valence-electron chi connectivity index (χ0n) is 12.9. The van der Waals surface area contributed by atoms with Crippen LogP contribution < -0.4 is 5.32 Å². The molecule has 1 N–H and O–H groups in total. The second-order valence-electron chi connectivity index (χ2n) is 5.03. The van der Waals surface area contributed by atoms with E-state index in [1.165, 1.54) is 4.31 Å². The van der Waals surface area contributed by atoms with E-state index >= 15 is 0 Å². The second-order valence-corrected chi connectivity index (χ2v) is 6.83. The number of nitrogens with zero attached hydrogens (tertiary/aromatic N) is 3. The Morgan fingerprint density at radius 2 is 2.05 bits per heavy atom. The van der Waals surface area contributed by atoms with Gasteiger partial charge < -0.3 is 5.32 Å². The molecule has 0 aliphatic carbocycles. The van der Waals surface area contributed by atoms with E-state index in [9.17, 15) is 8.42 Å². The zero-order chi connectivity index (χ0) is 15.6. The highest BCUT2D eigenvalue weighted by molar-refractivity contribution is 7.89. The predicted octanol–water partition coefficient (Wildman–Crippen LogP) is 2.19. The monoisotopic (exact) mass is 310 g/mol. The lowest BCUT2D eigenvalue weighted by atomic mass is 10.4. The van der Waals surface area contributed by atoms with E-state index in [4.69, 9.17) is 0 Å². The molecule has 0 saturated carbocycles. The Morgan fingerprint density at radius 1 is 1.33 bits per heavy atom. The molecule has 0 aromatic carbocycles. The van der Waals surface area contributed by atoms with Crippen LogP contribution in [0.1, 0.15) is 27.7 Å². The first-order chi connectivity index (χ1) is 9.93. The lowest BCUT2D eigenvalue weighted by molar-refractivity contribution is 0.367. The van der Waals surface area contributed by atoms with Gasteiger partial charge in [-0.25, -0.2) is 13.4 Å². The first-order valence-electron chi connectivity index (χ1n) is 7.16. The van der Waals surface area contributed by atoms with Gasteiger partial charge in [0.2, 0.25) is 0 Å². The van der Waals surface area contributed by atoms with Crippen LogP contribution in [-0.4, -0.2) is 41.2 Å². The van der Waals surface area contributed by atoms with Gasteiger partial charge in [-0.3, -0.25) is 4.40 Å². The van der Waals surface area contributed by atoms with Gasteiger partial charge in [-0.05, 0) is 32.9 Å². The van der Waals surface area contributed by atoms with Crippen LogP contribution >= 0.6 is 0 Å². The molecule has 2 aromatic rings. The van der Waals surface area contributed by atoms with Crippen molar-refractivity contribution in [3.8, 4) is 0 Å². The Hall–Kier alpha value is -1.60. The summed E-state index contributed by atoms with van der Waals surface area (Å²) in [6.07, 6.45) is 1.73. The van der Waals surface area contributed by atoms with Crippen LogP contribution in [-0.2, 0) is 10.0 Å². The lowest BCUT2D eigenvalue weighted by Crippen LogP contribution is -2.37. The fraction of sp³-hybridized carbons (Fsp3) is 0.500. The topological polar surface area (TPSA) is 66.7 Å². The van der Waals surface area contributed by atoms with Crippen LogP contribution in [0.4, 0.5) is 5.82 Å². The summed E-state index contributed by atoms with van der Waals surface area (Å²) >= 11 is 0. The van der Waals surface area contributed by atoms with Crippen molar-refractivity contribution < 1.29 is 8.42 Å². The average Bonchev–Trinajstić information content (AvgIpc) is 2.77. The fourth-order valence-corrected chi connectivity index (χ4v) is 4.31. The molecule has 0 spiro atoms. The van der Waals surface area contributed by atoms with Gasteiger partial charge in [0.05, 0.1) is 0 Å². The number of imidazole rings is 1. The molecule has 7 heteroatoms. The summed E-state index contributed by atoms with van der Waals surface area (Å²) in [4.78, 5) is 4.39. The van der Waals surface area contributed by atoms with Crippen molar-refractivity contribution in [1.82, 2.24) is 13.7 Å². The van der Waals surface area contributed by atoms with Crippen molar-refractivity contribution in [2.75, 3.05) is 18.4 Å². The summed E-state index contributed by atoms with van der Waals surface area (Å²) in [5.41, 5.74) is 0.617. The van der Waals surface area contributed by atoms with Crippen molar-refractivity contribution in [2.24, 2.45) is 0 Å². The highest BCUT2D eigenvalue weighted by Crippen LogP contribution is 2.26. The summed E-state index contributed by atoms with van der Waals surface area (Å²) in [5.74, 6) is 0.405. The highest BCUT2D eigenvalue weighted by atomic mass is 32.2. The summed E-state index contributed by atoms with van der Waals surface area (Å²) in [7, 11) is -3.62. The fourth-order valence-electron chi connectivity index (χ4n) is 2.43. The van der Waals surface area contributed by atoms with E-state index in [1.807, 2.05) is 33.8 Å². The molecule has 0 saturated heterocycles. The number of anilines is 1. The normalized spacial score (nSPS) is 12.5. The van der Waals surface area contributed by atoms with Crippen molar-refractivity contribution in [1.29, 1.82) is 0 Å². The maximum Gasteiger partial charge on any atom is 0.263 e. The predicted molar refractivity (Wildman–Crippen MR) is 84.1 cm³/mol. The number of aromatic nitrogens is 2. The molecule has 21 heavy (non-hydrogen) atoms. The van der Waals surface area contributed by atoms with Gasteiger partial charge >= 0.3 is 0 Å². The number of nitrogens with one attached hydrogen (secondary N) is 1. The first kappa shape index (κ1) is 15.8. The van der Waals surface area contributed by atoms with Gasteiger partial charge in [0.1, 0.15) is 5.65 Å². The Labute approximate surface area is 125 Å². The highest BCUT2D eigenvalue weighted by Gasteiger charge is 2.32. The number of sulfonamides is 1. The molecule has 116 valence electrons. The van der Waals surface area contributed by atoms with E-state index in [1.54, 1.807) is 22.7 Å². The van der Waals surface area contributed by atoms with E-state index in [0.717, 1.165) is 0 Å². The van der Waals surface area contributed by atoms with Crippen LogP contribution in [0.25, 0.3) is 5.65 Å². The number of pyridine rings is 1. The van der Waals surface area contributed by atoms with Crippen LogP contribution in [0, 0.1) is 0 Å². The first-order valence-corrected chi connectivity index (χ1v) is 8.60. The second kappa shape index (κ2) is 6.03. The van der Waals surface area contributed by atoms with Crippen LogP contribution in [0.2, 0.25) is 0 Å². The molecule has 2 heterocycles. The van der Waals surface area contributed by atoms with E-state index in [0.29, 0.717) is 24.6 Å². The molecule has 0 bridgehead atoms. The third-order valence-corrected chi connectivity index (χ3v) is 5.45. The Kier molecular flexibility index (Phi) is 4.53. The van der Waals surface area contributed by atoms with E-state index < -0.39 is 10.0 Å². The molecule has 0 fully saturated rings. The number of hydrogen-bond donors (Lipinski definition) is 1. The van der Waals surface area contributed by atoms with Gasteiger partial charge in [0.15, 0.2) is 10.8 Å². The summed E-state index contributed by atoms with van der Waals surface area (Å²) in [6.45, 7) is 8.54. The van der Waals surface area contributed by atoms with Crippen molar-refractivity contribution in [2.45, 2.75) is 38.8 Å². The molecule has 2 aromatic heterocycles. The summed E-state index contributed by atoms with van der Waals surface area (Å²) in [6, 6.07) is 5.33. The summed E-state index contributed by atoms with van der Waals surface area (Å²) < 4.78 is 29.1. The average molecular weight is 310 g/mol. The Bertz CT molecular complexity index is 722. The zero-order valence-corrected chi connectivity index (χ0v) is 13.7. The van der Waals surface area contributed by atoms with Crippen molar-refractivity contribution in [3.63, 3.8) is 0 Å². The van der Waals surface area contributed by atoms with Gasteiger partial charge in [-0.1, -0.05) is 13.0 Å². The smallest absolute Gasteiger partial charge is 0.263 e. The van der Waals surface area contributed by atoms with Gasteiger partial charge in [0, 0.05) is 25.3 Å². The molecular weight excluding hydrogens is 288 g/mol. The SMILES string of the molecule is CCNc1nc2ccccn2c1S(=O)(=O)N(CC)C(C)C. The lowest BCUT2D eigenvalue weighted by Gasteiger charge is -2.24. The van der Waals surface area contributed by atoms with E-state index in [2.05, 4.69) is 10.3 Å². The van der Waals surface area contributed by atoms with Crippen molar-refractivity contribution >= 4 is 21.5 Å². The maximum atomic E-state index is 13.0. The van der Waals surface area contributed by atoms with E-state index in [-0.39, 0.29) is 11.1 Å². The number of fused-ring (bicyclic) bond motifs is 1. The number of hydrogen-bond acceptors (Lipinski definition) is 4. The minimum Gasteiger partial charge on any atom is -0.368 e. The summed E-state index contributed by atoms with van der Waals surface area (Å²) in [5, 5.41) is 3.26. The van der Waals surface area contributed by atoms with Gasteiger partial charge in [-0.2, -0.15) is 4.31 Å². The Morgan fingerprint density at radius 3 is 2.62 bits per heavy atom. The molecular formula is C14H22N4O2S. The minimum absolute atomic E-state index is 0.108. The van der Waals surface area contributed by atoms with Crippen LogP contribution in [0.3, 0.4) is 0 Å². The maximum absolute atomic E-state index is 13.0. The molecule has 0 radical (unpaired) electrons. The minimum atomic E-state index is -3.62. The molecule has 6 nitrogen and oxygen atoms in total. The van der Waals surface area contributed by atoms with Gasteiger partial charge in [-0.15, -0.1) is 0 Å². The standard InChI is InChI=1S/C14H22N4O2S/c1-5-15-13-14(17-10-8-7-9-12(17)16-13)21(19,20)18(6-2)11(3)4/h7-11,15H,5-6H2,1-4H3. The third-order valence-electron chi connectivity index (χ3n) is 3.27. The van der Waals surface area contributed by atoms with Crippen molar-refractivity contribution in [3.05, 3.63) is 24.4 Å². The third kappa shape index (κ3) is 2.75. The number of rotatable bonds is 6. The molecule has 0 aliphatic heterocycles. The molecule has 0 atom stereocenters. The van der Waals surface area contributed by atoms with Crippen LogP contribution in [0.15, 0.2) is 29.4 Å². The molecule has 2 rings (SSSR count). The largest absolute Gasteiger partial charge is 0.368 e. The molecule has 0 aliphatic rings. The van der Waals surface area contributed by atoms with Gasteiger partial charge in [0.25, 0.3) is 10.0 Å². The Balaban J connectivity index is 2.71. The van der Waals surface area contributed by atoms with Crippen LogP contribution in [0.5, 0.6) is 0 Å². The molecule has 0 amide bonds. The molecule has 0 unspecified atom stereocenters.